The van der Waals surface area contributed by atoms with Crippen molar-refractivity contribution in [1.82, 2.24) is 4.90 Å². The molecule has 0 atom stereocenters. The number of halogens is 1. The van der Waals surface area contributed by atoms with Gasteiger partial charge >= 0.3 is 10.2 Å². The van der Waals surface area contributed by atoms with E-state index in [0.717, 1.165) is 39.2 Å². The standard InChI is InChI=1S/C23H18FNO3S/c1-25(23(26)16-10-12-19(13-11-16)29(24,27)28)15-22-20-8-4-2-6-17(20)14-18-7-3-5-9-21(18)22/h2-14H,15H2,1H3. The second-order valence-corrected chi connectivity index (χ2v) is 8.27. The Morgan fingerprint density at radius 2 is 1.38 bits per heavy atom. The molecule has 4 aromatic rings. The molecule has 146 valence electrons. The van der Waals surface area contributed by atoms with Crippen LogP contribution in [0.15, 0.2) is 83.8 Å². The van der Waals surface area contributed by atoms with Gasteiger partial charge in [0.1, 0.15) is 0 Å². The average Bonchev–Trinajstić information content (AvgIpc) is 2.72. The molecule has 4 nitrogen and oxygen atoms in total. The van der Waals surface area contributed by atoms with E-state index in [2.05, 4.69) is 6.07 Å². The van der Waals surface area contributed by atoms with Crippen LogP contribution in [0.5, 0.6) is 0 Å². The van der Waals surface area contributed by atoms with Gasteiger partial charge in [-0.25, -0.2) is 0 Å². The first-order valence-electron chi connectivity index (χ1n) is 9.04. The summed E-state index contributed by atoms with van der Waals surface area (Å²) in [6.45, 7) is 0.379. The zero-order valence-corrected chi connectivity index (χ0v) is 16.5. The van der Waals surface area contributed by atoms with Gasteiger partial charge in [-0.05, 0) is 57.4 Å². The first-order valence-corrected chi connectivity index (χ1v) is 10.4. The van der Waals surface area contributed by atoms with Gasteiger partial charge in [0.15, 0.2) is 0 Å². The van der Waals surface area contributed by atoms with Crippen LogP contribution in [0, 0.1) is 0 Å². The largest absolute Gasteiger partial charge is 0.337 e. The van der Waals surface area contributed by atoms with E-state index >= 15 is 0 Å². The Kier molecular flexibility index (Phi) is 4.80. The maximum Gasteiger partial charge on any atom is 0.332 e. The summed E-state index contributed by atoms with van der Waals surface area (Å²) in [5, 5.41) is 4.34. The highest BCUT2D eigenvalue weighted by atomic mass is 32.3. The summed E-state index contributed by atoms with van der Waals surface area (Å²) < 4.78 is 35.0. The predicted octanol–water partition coefficient (Wildman–Crippen LogP) is 4.92. The van der Waals surface area contributed by atoms with Crippen LogP contribution >= 0.6 is 0 Å². The van der Waals surface area contributed by atoms with E-state index in [1.807, 2.05) is 48.5 Å². The molecule has 0 unspecified atom stereocenters. The van der Waals surface area contributed by atoms with E-state index in [1.54, 1.807) is 11.9 Å². The van der Waals surface area contributed by atoms with Crippen LogP contribution in [-0.2, 0) is 16.8 Å². The molecule has 0 heterocycles. The van der Waals surface area contributed by atoms with Crippen LogP contribution < -0.4 is 0 Å². The zero-order chi connectivity index (χ0) is 20.6. The fourth-order valence-electron chi connectivity index (χ4n) is 3.57. The SMILES string of the molecule is CN(Cc1c2ccccc2cc2ccccc12)C(=O)c1ccc(S(=O)(=O)F)cc1. The monoisotopic (exact) mass is 407 g/mol. The number of rotatable bonds is 4. The second-order valence-electron chi connectivity index (χ2n) is 6.92. The molecular formula is C23H18FNO3S. The average molecular weight is 407 g/mol. The maximum atomic E-state index is 13.1. The Balaban J connectivity index is 1.71. The van der Waals surface area contributed by atoms with Gasteiger partial charge in [-0.15, -0.1) is 3.89 Å². The number of benzene rings is 4. The van der Waals surface area contributed by atoms with Crippen molar-refractivity contribution in [2.24, 2.45) is 0 Å². The van der Waals surface area contributed by atoms with Crippen LogP contribution in [0.3, 0.4) is 0 Å². The fraction of sp³-hybridized carbons (Fsp3) is 0.0870. The van der Waals surface area contributed by atoms with Gasteiger partial charge in [-0.1, -0.05) is 48.5 Å². The Morgan fingerprint density at radius 3 is 1.90 bits per heavy atom. The Labute approximate surface area is 168 Å². The summed E-state index contributed by atoms with van der Waals surface area (Å²) in [7, 11) is -3.09. The van der Waals surface area contributed by atoms with Crippen molar-refractivity contribution in [3.63, 3.8) is 0 Å². The molecule has 1 amide bonds. The molecule has 0 saturated carbocycles. The van der Waals surface area contributed by atoms with Crippen molar-refractivity contribution in [2.45, 2.75) is 11.4 Å². The molecule has 0 aromatic heterocycles. The summed E-state index contributed by atoms with van der Waals surface area (Å²) in [5.74, 6) is -0.273. The van der Waals surface area contributed by atoms with Gasteiger partial charge in [-0.3, -0.25) is 4.79 Å². The molecule has 6 heteroatoms. The first kappa shape index (κ1) is 19.1. The van der Waals surface area contributed by atoms with Crippen molar-refractivity contribution in [1.29, 1.82) is 0 Å². The lowest BCUT2D eigenvalue weighted by atomic mass is 9.96. The van der Waals surface area contributed by atoms with Gasteiger partial charge < -0.3 is 4.90 Å². The highest BCUT2D eigenvalue weighted by Gasteiger charge is 2.17. The van der Waals surface area contributed by atoms with Crippen molar-refractivity contribution in [3.8, 4) is 0 Å². The van der Waals surface area contributed by atoms with Crippen molar-refractivity contribution < 1.29 is 17.1 Å². The third kappa shape index (κ3) is 3.71. The quantitative estimate of drug-likeness (QED) is 0.356. The van der Waals surface area contributed by atoms with E-state index in [-0.39, 0.29) is 5.91 Å². The van der Waals surface area contributed by atoms with Gasteiger partial charge in [0.2, 0.25) is 0 Å². The van der Waals surface area contributed by atoms with Crippen LogP contribution in [-0.4, -0.2) is 26.3 Å². The highest BCUT2D eigenvalue weighted by Crippen LogP contribution is 2.29. The topological polar surface area (TPSA) is 54.5 Å². The Hall–Kier alpha value is -3.25. The Morgan fingerprint density at radius 1 is 0.862 bits per heavy atom. The number of carbonyl (C=O) groups is 1. The number of fused-ring (bicyclic) bond motifs is 2. The van der Waals surface area contributed by atoms with Crippen LogP contribution in [0.25, 0.3) is 21.5 Å². The molecule has 0 aliphatic rings. The smallest absolute Gasteiger partial charge is 0.332 e. The molecule has 0 bridgehead atoms. The normalized spacial score (nSPS) is 11.7. The number of amides is 1. The van der Waals surface area contributed by atoms with E-state index in [9.17, 15) is 17.1 Å². The molecule has 0 fully saturated rings. The molecule has 0 saturated heterocycles. The van der Waals surface area contributed by atoms with E-state index in [0.29, 0.717) is 12.1 Å². The third-order valence-corrected chi connectivity index (χ3v) is 5.84. The van der Waals surface area contributed by atoms with Crippen LogP contribution in [0.1, 0.15) is 15.9 Å². The number of nitrogens with zero attached hydrogens (tertiary/aromatic N) is 1. The molecule has 0 radical (unpaired) electrons. The zero-order valence-electron chi connectivity index (χ0n) is 15.7. The van der Waals surface area contributed by atoms with Crippen molar-refractivity contribution in [2.75, 3.05) is 7.05 Å². The molecule has 29 heavy (non-hydrogen) atoms. The molecular weight excluding hydrogens is 389 g/mol. The molecule has 0 aliphatic carbocycles. The minimum Gasteiger partial charge on any atom is -0.337 e. The highest BCUT2D eigenvalue weighted by molar-refractivity contribution is 7.86. The summed E-state index contributed by atoms with van der Waals surface area (Å²) in [6.07, 6.45) is 0. The van der Waals surface area contributed by atoms with Gasteiger partial charge in [0.25, 0.3) is 5.91 Å². The van der Waals surface area contributed by atoms with E-state index in [1.165, 1.54) is 12.1 Å². The fourth-order valence-corrected chi connectivity index (χ4v) is 4.03. The molecule has 0 N–H and O–H groups in total. The van der Waals surface area contributed by atoms with Gasteiger partial charge in [0, 0.05) is 19.2 Å². The predicted molar refractivity (Wildman–Crippen MR) is 112 cm³/mol. The summed E-state index contributed by atoms with van der Waals surface area (Å²) in [6, 6.07) is 23.1. The van der Waals surface area contributed by atoms with Crippen LogP contribution in [0.4, 0.5) is 3.89 Å². The first-order chi connectivity index (χ1) is 13.8. The molecule has 0 aliphatic heterocycles. The number of hydrogen-bond donors (Lipinski definition) is 0. The van der Waals surface area contributed by atoms with Gasteiger partial charge in [-0.2, -0.15) is 8.42 Å². The maximum absolute atomic E-state index is 13.1. The lowest BCUT2D eigenvalue weighted by Crippen LogP contribution is -2.26. The molecule has 4 rings (SSSR count). The summed E-state index contributed by atoms with van der Waals surface area (Å²) in [4.78, 5) is 14.0. The lowest BCUT2D eigenvalue weighted by molar-refractivity contribution is 0.0786. The van der Waals surface area contributed by atoms with Crippen LogP contribution in [0.2, 0.25) is 0 Å². The van der Waals surface area contributed by atoms with E-state index < -0.39 is 15.1 Å². The van der Waals surface area contributed by atoms with E-state index in [4.69, 9.17) is 0 Å². The summed E-state index contributed by atoms with van der Waals surface area (Å²) in [5.41, 5.74) is 1.34. The van der Waals surface area contributed by atoms with Gasteiger partial charge in [0.05, 0.1) is 4.90 Å². The summed E-state index contributed by atoms with van der Waals surface area (Å²) >= 11 is 0. The third-order valence-electron chi connectivity index (χ3n) is 5.01. The molecule has 0 spiro atoms. The van der Waals surface area contributed by atoms with Crippen molar-refractivity contribution >= 4 is 37.7 Å². The second kappa shape index (κ2) is 7.29. The Bertz CT molecular complexity index is 1280. The lowest BCUT2D eigenvalue weighted by Gasteiger charge is -2.20. The minimum absolute atomic E-state index is 0.273. The number of carbonyl (C=O) groups excluding carboxylic acids is 1. The molecule has 4 aromatic carbocycles. The van der Waals surface area contributed by atoms with Crippen molar-refractivity contribution in [3.05, 3.63) is 90.0 Å². The number of hydrogen-bond acceptors (Lipinski definition) is 3. The minimum atomic E-state index is -4.79.